The summed E-state index contributed by atoms with van der Waals surface area (Å²) in [7, 11) is 0. The zero-order chi connectivity index (χ0) is 14.5. The van der Waals surface area contributed by atoms with E-state index in [4.69, 9.17) is 12.2 Å². The fourth-order valence-electron chi connectivity index (χ4n) is 1.88. The number of aromatic amines is 1. The molecule has 2 aromatic rings. The molecule has 0 aliphatic carbocycles. The molecule has 20 heavy (non-hydrogen) atoms. The van der Waals surface area contributed by atoms with E-state index in [1.807, 2.05) is 12.1 Å². The first-order valence-corrected chi connectivity index (χ1v) is 6.80. The van der Waals surface area contributed by atoms with Crippen LogP contribution in [0.3, 0.4) is 0 Å². The van der Waals surface area contributed by atoms with Crippen LogP contribution in [-0.4, -0.2) is 39.3 Å². The molecule has 0 aliphatic rings. The normalized spacial score (nSPS) is 11.1. The third-order valence-corrected chi connectivity index (χ3v) is 3.28. The van der Waals surface area contributed by atoms with Crippen LogP contribution in [0.1, 0.15) is 19.4 Å². The number of phenolic OH excluding ortho intramolecular Hbond substituents is 1. The van der Waals surface area contributed by atoms with Gasteiger partial charge in [-0.25, -0.2) is 0 Å². The summed E-state index contributed by atoms with van der Waals surface area (Å²) in [6, 6.07) is 5.53. The SMILES string of the molecule is CCN(CC)c1ccc(/C=N/n2cn[nH]c2=S)c(O)c1. The fourth-order valence-corrected chi connectivity index (χ4v) is 2.02. The molecule has 2 N–H and O–H groups in total. The van der Waals surface area contributed by atoms with Crippen molar-refractivity contribution in [3.63, 3.8) is 0 Å². The molecule has 0 spiro atoms. The van der Waals surface area contributed by atoms with Crippen molar-refractivity contribution >= 4 is 24.1 Å². The third-order valence-electron chi connectivity index (χ3n) is 3.00. The van der Waals surface area contributed by atoms with E-state index >= 15 is 0 Å². The lowest BCUT2D eigenvalue weighted by molar-refractivity contribution is 0.474. The van der Waals surface area contributed by atoms with Gasteiger partial charge in [0.05, 0.1) is 6.21 Å². The van der Waals surface area contributed by atoms with Crippen LogP contribution in [0.2, 0.25) is 0 Å². The zero-order valence-corrected chi connectivity index (χ0v) is 12.3. The Morgan fingerprint density at radius 3 is 2.75 bits per heavy atom. The van der Waals surface area contributed by atoms with Crippen molar-refractivity contribution in [1.82, 2.24) is 14.9 Å². The standard InChI is InChI=1S/C13H17N5OS/c1-3-17(4-2)11-6-5-10(12(19)7-11)8-15-18-9-14-16-13(18)20/h5-9,19H,3-4H2,1-2H3,(H,16,20)/b15-8+. The van der Waals surface area contributed by atoms with Crippen LogP contribution in [0.5, 0.6) is 5.75 Å². The number of benzene rings is 1. The predicted molar refractivity (Wildman–Crippen MR) is 82.1 cm³/mol. The quantitative estimate of drug-likeness (QED) is 0.655. The Labute approximate surface area is 122 Å². The Bertz CT molecular complexity index is 657. The van der Waals surface area contributed by atoms with E-state index in [0.29, 0.717) is 10.3 Å². The smallest absolute Gasteiger partial charge is 0.216 e. The van der Waals surface area contributed by atoms with Crippen LogP contribution in [0.15, 0.2) is 29.6 Å². The lowest BCUT2D eigenvalue weighted by atomic mass is 10.2. The average Bonchev–Trinajstić information content (AvgIpc) is 2.85. The fraction of sp³-hybridized carbons (Fsp3) is 0.308. The van der Waals surface area contributed by atoms with Gasteiger partial charge in [-0.05, 0) is 38.2 Å². The van der Waals surface area contributed by atoms with Crippen LogP contribution < -0.4 is 4.90 Å². The molecule has 0 bridgehead atoms. The summed E-state index contributed by atoms with van der Waals surface area (Å²) in [6.07, 6.45) is 3.02. The predicted octanol–water partition coefficient (Wildman–Crippen LogP) is 2.37. The second-order valence-corrected chi connectivity index (χ2v) is 4.55. The van der Waals surface area contributed by atoms with Crippen molar-refractivity contribution in [2.24, 2.45) is 5.10 Å². The second kappa shape index (κ2) is 6.33. The van der Waals surface area contributed by atoms with Crippen molar-refractivity contribution < 1.29 is 5.11 Å². The molecule has 6 nitrogen and oxygen atoms in total. The van der Waals surface area contributed by atoms with Gasteiger partial charge in [0.2, 0.25) is 4.77 Å². The number of nitrogens with zero attached hydrogens (tertiary/aromatic N) is 4. The Morgan fingerprint density at radius 1 is 1.45 bits per heavy atom. The lowest BCUT2D eigenvalue weighted by Gasteiger charge is -2.21. The number of phenols is 1. The minimum absolute atomic E-state index is 0.188. The first-order valence-electron chi connectivity index (χ1n) is 6.40. The number of hydrogen-bond donors (Lipinski definition) is 2. The molecule has 0 amide bonds. The van der Waals surface area contributed by atoms with Gasteiger partial charge in [-0.2, -0.15) is 14.9 Å². The first kappa shape index (κ1) is 14.3. The van der Waals surface area contributed by atoms with Crippen molar-refractivity contribution in [3.8, 4) is 5.75 Å². The molecule has 1 heterocycles. The molecule has 106 valence electrons. The summed E-state index contributed by atoms with van der Waals surface area (Å²) < 4.78 is 1.83. The number of H-pyrrole nitrogens is 1. The number of anilines is 1. The van der Waals surface area contributed by atoms with Crippen LogP contribution in [-0.2, 0) is 0 Å². The van der Waals surface area contributed by atoms with Gasteiger partial charge in [-0.1, -0.05) is 0 Å². The summed E-state index contributed by atoms with van der Waals surface area (Å²) in [5.41, 5.74) is 1.62. The molecule has 2 rings (SSSR count). The Morgan fingerprint density at radius 2 is 2.20 bits per heavy atom. The molecule has 0 radical (unpaired) electrons. The topological polar surface area (TPSA) is 69.4 Å². The maximum absolute atomic E-state index is 10.1. The molecule has 7 heteroatoms. The van der Waals surface area contributed by atoms with Gasteiger partial charge in [0, 0.05) is 30.4 Å². The van der Waals surface area contributed by atoms with Gasteiger partial charge in [0.25, 0.3) is 0 Å². The molecular formula is C13H17N5OS. The second-order valence-electron chi connectivity index (χ2n) is 4.17. The van der Waals surface area contributed by atoms with E-state index in [0.717, 1.165) is 18.8 Å². The number of hydrogen-bond acceptors (Lipinski definition) is 5. The summed E-state index contributed by atoms with van der Waals surface area (Å²) in [5.74, 6) is 0.188. The number of aromatic nitrogens is 3. The van der Waals surface area contributed by atoms with E-state index in [-0.39, 0.29) is 5.75 Å². The Balaban J connectivity index is 2.24. The van der Waals surface area contributed by atoms with Crippen molar-refractivity contribution in [2.75, 3.05) is 18.0 Å². The van der Waals surface area contributed by atoms with Crippen LogP contribution >= 0.6 is 12.2 Å². The van der Waals surface area contributed by atoms with E-state index in [9.17, 15) is 5.11 Å². The van der Waals surface area contributed by atoms with Crippen LogP contribution in [0, 0.1) is 4.77 Å². The largest absolute Gasteiger partial charge is 0.507 e. The molecular weight excluding hydrogens is 274 g/mol. The minimum Gasteiger partial charge on any atom is -0.507 e. The Hall–Kier alpha value is -2.15. The monoisotopic (exact) mass is 291 g/mol. The highest BCUT2D eigenvalue weighted by atomic mass is 32.1. The number of nitrogens with one attached hydrogen (secondary N) is 1. The lowest BCUT2D eigenvalue weighted by Crippen LogP contribution is -2.21. The molecule has 1 aromatic heterocycles. The zero-order valence-electron chi connectivity index (χ0n) is 11.4. The number of rotatable bonds is 5. The van der Waals surface area contributed by atoms with E-state index < -0.39 is 0 Å². The maximum atomic E-state index is 10.1. The molecule has 0 unspecified atom stereocenters. The third kappa shape index (κ3) is 3.05. The Kier molecular flexibility index (Phi) is 4.52. The molecule has 1 aromatic carbocycles. The van der Waals surface area contributed by atoms with E-state index in [1.54, 1.807) is 12.3 Å². The van der Waals surface area contributed by atoms with Crippen molar-refractivity contribution in [1.29, 1.82) is 0 Å². The van der Waals surface area contributed by atoms with E-state index in [2.05, 4.69) is 34.0 Å². The van der Waals surface area contributed by atoms with Gasteiger partial charge in [0.15, 0.2) is 0 Å². The maximum Gasteiger partial charge on any atom is 0.216 e. The molecule has 0 fully saturated rings. The summed E-state index contributed by atoms with van der Waals surface area (Å²) in [4.78, 5) is 2.16. The average molecular weight is 291 g/mol. The van der Waals surface area contributed by atoms with Crippen LogP contribution in [0.25, 0.3) is 0 Å². The first-order chi connectivity index (χ1) is 9.65. The van der Waals surface area contributed by atoms with Gasteiger partial charge in [0.1, 0.15) is 12.1 Å². The summed E-state index contributed by atoms with van der Waals surface area (Å²) in [6.45, 7) is 5.95. The summed E-state index contributed by atoms with van der Waals surface area (Å²) in [5, 5.41) is 20.6. The molecule has 0 saturated heterocycles. The molecule has 0 saturated carbocycles. The highest BCUT2D eigenvalue weighted by Crippen LogP contribution is 2.23. The van der Waals surface area contributed by atoms with Gasteiger partial charge in [-0.3, -0.25) is 5.10 Å². The van der Waals surface area contributed by atoms with Gasteiger partial charge >= 0.3 is 0 Å². The van der Waals surface area contributed by atoms with Crippen LogP contribution in [0.4, 0.5) is 5.69 Å². The highest BCUT2D eigenvalue weighted by Gasteiger charge is 2.05. The van der Waals surface area contributed by atoms with Crippen molar-refractivity contribution in [3.05, 3.63) is 34.9 Å². The van der Waals surface area contributed by atoms with E-state index in [1.165, 1.54) is 11.0 Å². The van der Waals surface area contributed by atoms with Gasteiger partial charge < -0.3 is 10.0 Å². The number of aromatic hydroxyl groups is 1. The molecule has 0 atom stereocenters. The minimum atomic E-state index is 0.188. The summed E-state index contributed by atoms with van der Waals surface area (Å²) >= 11 is 4.98. The van der Waals surface area contributed by atoms with Crippen molar-refractivity contribution in [2.45, 2.75) is 13.8 Å². The molecule has 0 aliphatic heterocycles. The highest BCUT2D eigenvalue weighted by molar-refractivity contribution is 7.71. The van der Waals surface area contributed by atoms with Gasteiger partial charge in [-0.15, -0.1) is 0 Å².